The molecule has 0 bridgehead atoms. The number of nitrogens with zero attached hydrogens (tertiary/aromatic N) is 1. The number of rotatable bonds is 6. The zero-order valence-corrected chi connectivity index (χ0v) is 10.9. The number of non-ortho nitro benzene ring substituents is 1. The molecule has 0 saturated carbocycles. The smallest absolute Gasteiger partial charge is 0.270 e. The van der Waals surface area contributed by atoms with Gasteiger partial charge in [0, 0.05) is 23.9 Å². The zero-order valence-electron chi connectivity index (χ0n) is 9.31. The van der Waals surface area contributed by atoms with Gasteiger partial charge in [0.05, 0.1) is 17.1 Å². The van der Waals surface area contributed by atoms with Crippen molar-refractivity contribution in [1.29, 1.82) is 0 Å². The van der Waals surface area contributed by atoms with Crippen LogP contribution in [-0.4, -0.2) is 22.6 Å². The summed E-state index contributed by atoms with van der Waals surface area (Å²) < 4.78 is 5.28. The summed E-state index contributed by atoms with van der Waals surface area (Å²) in [6.45, 7) is 2.20. The van der Waals surface area contributed by atoms with E-state index in [0.29, 0.717) is 17.7 Å². The summed E-state index contributed by atoms with van der Waals surface area (Å²) in [5, 5.41) is 11.2. The number of ether oxygens (including phenoxy) is 1. The molecule has 1 aromatic carbocycles. The predicted molar refractivity (Wildman–Crippen MR) is 67.0 cm³/mol. The Morgan fingerprint density at radius 1 is 1.53 bits per heavy atom. The van der Waals surface area contributed by atoms with Crippen LogP contribution in [-0.2, 0) is 0 Å². The van der Waals surface area contributed by atoms with Crippen molar-refractivity contribution in [3.05, 3.63) is 33.9 Å². The quantitative estimate of drug-likeness (QED) is 0.350. The molecule has 0 amide bonds. The molecule has 92 valence electrons. The van der Waals surface area contributed by atoms with Crippen LogP contribution >= 0.6 is 15.9 Å². The van der Waals surface area contributed by atoms with E-state index in [1.165, 1.54) is 18.2 Å². The molecule has 0 aliphatic rings. The Kier molecular flexibility index (Phi) is 5.09. The first-order chi connectivity index (χ1) is 8.10. The largest absolute Gasteiger partial charge is 0.493 e. The fourth-order valence-corrected chi connectivity index (χ4v) is 1.71. The van der Waals surface area contributed by atoms with Crippen molar-refractivity contribution in [2.45, 2.75) is 13.3 Å². The van der Waals surface area contributed by atoms with E-state index in [4.69, 9.17) is 4.74 Å². The SMILES string of the molecule is CCOc1ccc([N+](=O)[O-])cc1C(=O)CCBr. The van der Waals surface area contributed by atoms with Gasteiger partial charge in [0.25, 0.3) is 5.69 Å². The maximum atomic E-state index is 11.8. The van der Waals surface area contributed by atoms with Gasteiger partial charge in [-0.25, -0.2) is 0 Å². The monoisotopic (exact) mass is 301 g/mol. The number of nitro benzene ring substituents is 1. The number of halogens is 1. The number of carbonyl (C=O) groups is 1. The van der Waals surface area contributed by atoms with E-state index >= 15 is 0 Å². The first-order valence-corrected chi connectivity index (χ1v) is 6.22. The van der Waals surface area contributed by atoms with Gasteiger partial charge in [-0.1, -0.05) is 15.9 Å². The Hall–Kier alpha value is -1.43. The van der Waals surface area contributed by atoms with Gasteiger partial charge >= 0.3 is 0 Å². The van der Waals surface area contributed by atoms with Crippen LogP contribution in [0.2, 0.25) is 0 Å². The molecule has 1 rings (SSSR count). The van der Waals surface area contributed by atoms with Crippen molar-refractivity contribution >= 4 is 27.4 Å². The summed E-state index contributed by atoms with van der Waals surface area (Å²) in [6.07, 6.45) is 0.279. The Labute approximate surface area is 107 Å². The number of ketones is 1. The van der Waals surface area contributed by atoms with Crippen molar-refractivity contribution in [1.82, 2.24) is 0 Å². The Balaban J connectivity index is 3.15. The van der Waals surface area contributed by atoms with E-state index in [9.17, 15) is 14.9 Å². The lowest BCUT2D eigenvalue weighted by molar-refractivity contribution is -0.384. The number of alkyl halides is 1. The lowest BCUT2D eigenvalue weighted by Gasteiger charge is -2.08. The summed E-state index contributed by atoms with van der Waals surface area (Å²) in [5.74, 6) is 0.220. The second-order valence-electron chi connectivity index (χ2n) is 3.23. The highest BCUT2D eigenvalue weighted by Crippen LogP contribution is 2.25. The fraction of sp³-hybridized carbons (Fsp3) is 0.364. The molecule has 0 fully saturated rings. The second kappa shape index (κ2) is 6.34. The van der Waals surface area contributed by atoms with Crippen molar-refractivity contribution < 1.29 is 14.5 Å². The van der Waals surface area contributed by atoms with Crippen LogP contribution in [0.1, 0.15) is 23.7 Å². The lowest BCUT2D eigenvalue weighted by atomic mass is 10.1. The summed E-state index contributed by atoms with van der Waals surface area (Å²) in [4.78, 5) is 21.9. The van der Waals surface area contributed by atoms with Crippen LogP contribution in [0.5, 0.6) is 5.75 Å². The molecule has 0 saturated heterocycles. The molecule has 0 heterocycles. The lowest BCUT2D eigenvalue weighted by Crippen LogP contribution is -2.05. The molecule has 17 heavy (non-hydrogen) atoms. The van der Waals surface area contributed by atoms with Crippen LogP contribution in [0.15, 0.2) is 18.2 Å². The number of hydrogen-bond donors (Lipinski definition) is 0. The van der Waals surface area contributed by atoms with E-state index in [2.05, 4.69) is 15.9 Å². The highest BCUT2D eigenvalue weighted by molar-refractivity contribution is 9.09. The van der Waals surface area contributed by atoms with E-state index in [1.54, 1.807) is 6.92 Å². The second-order valence-corrected chi connectivity index (χ2v) is 4.03. The van der Waals surface area contributed by atoms with Gasteiger partial charge in [0.15, 0.2) is 5.78 Å². The number of benzene rings is 1. The molecule has 0 atom stereocenters. The molecule has 0 spiro atoms. The molecule has 0 aromatic heterocycles. The van der Waals surface area contributed by atoms with Crippen molar-refractivity contribution in [3.63, 3.8) is 0 Å². The van der Waals surface area contributed by atoms with Crippen molar-refractivity contribution in [2.75, 3.05) is 11.9 Å². The van der Waals surface area contributed by atoms with Gasteiger partial charge < -0.3 is 4.74 Å². The molecule has 1 aromatic rings. The van der Waals surface area contributed by atoms with Crippen LogP contribution in [0.3, 0.4) is 0 Å². The molecule has 6 heteroatoms. The predicted octanol–water partition coefficient (Wildman–Crippen LogP) is 2.96. The number of Topliss-reactive ketones (excluding diaryl/α,β-unsaturated/α-hetero) is 1. The van der Waals surface area contributed by atoms with Crippen LogP contribution in [0, 0.1) is 10.1 Å². The van der Waals surface area contributed by atoms with Crippen molar-refractivity contribution in [2.24, 2.45) is 0 Å². The summed E-state index contributed by atoms with van der Waals surface area (Å²) in [6, 6.07) is 4.05. The summed E-state index contributed by atoms with van der Waals surface area (Å²) >= 11 is 3.16. The van der Waals surface area contributed by atoms with Gasteiger partial charge in [-0.15, -0.1) is 0 Å². The van der Waals surface area contributed by atoms with Gasteiger partial charge in [-0.3, -0.25) is 14.9 Å². The Morgan fingerprint density at radius 3 is 2.76 bits per heavy atom. The van der Waals surface area contributed by atoms with E-state index < -0.39 is 4.92 Å². The normalized spacial score (nSPS) is 10.0. The van der Waals surface area contributed by atoms with Gasteiger partial charge in [-0.05, 0) is 13.0 Å². The third-order valence-corrected chi connectivity index (χ3v) is 2.49. The highest BCUT2D eigenvalue weighted by atomic mass is 79.9. The van der Waals surface area contributed by atoms with Crippen molar-refractivity contribution in [3.8, 4) is 5.75 Å². The third-order valence-electron chi connectivity index (χ3n) is 2.10. The minimum Gasteiger partial charge on any atom is -0.493 e. The Bertz CT molecular complexity index is 433. The van der Waals surface area contributed by atoms with E-state index in [-0.39, 0.29) is 23.5 Å². The summed E-state index contributed by atoms with van der Waals surface area (Å²) in [5.41, 5.74) is 0.159. The minimum absolute atomic E-state index is 0.105. The standard InChI is InChI=1S/C11H12BrNO4/c1-2-17-11-4-3-8(13(15)16)7-9(11)10(14)5-6-12/h3-4,7H,2,5-6H2,1H3. The first-order valence-electron chi connectivity index (χ1n) is 5.10. The molecule has 0 unspecified atom stereocenters. The van der Waals surface area contributed by atoms with Crippen LogP contribution in [0.4, 0.5) is 5.69 Å². The molecule has 5 nitrogen and oxygen atoms in total. The van der Waals surface area contributed by atoms with Gasteiger partial charge in [-0.2, -0.15) is 0 Å². The molecular formula is C11H12BrNO4. The zero-order chi connectivity index (χ0) is 12.8. The molecule has 0 radical (unpaired) electrons. The van der Waals surface area contributed by atoms with Crippen LogP contribution in [0.25, 0.3) is 0 Å². The third kappa shape index (κ3) is 3.52. The topological polar surface area (TPSA) is 69.4 Å². The number of hydrogen-bond acceptors (Lipinski definition) is 4. The van der Waals surface area contributed by atoms with Crippen LogP contribution < -0.4 is 4.74 Å². The minimum atomic E-state index is -0.527. The molecule has 0 aliphatic heterocycles. The highest BCUT2D eigenvalue weighted by Gasteiger charge is 2.16. The maximum absolute atomic E-state index is 11.8. The molecule has 0 aliphatic carbocycles. The molecular weight excluding hydrogens is 290 g/mol. The van der Waals surface area contributed by atoms with E-state index in [1.807, 2.05) is 0 Å². The number of nitro groups is 1. The van der Waals surface area contributed by atoms with E-state index in [0.717, 1.165) is 0 Å². The maximum Gasteiger partial charge on any atom is 0.270 e. The molecule has 0 N–H and O–H groups in total. The average molecular weight is 302 g/mol. The van der Waals surface area contributed by atoms with Gasteiger partial charge in [0.1, 0.15) is 5.75 Å². The van der Waals surface area contributed by atoms with Gasteiger partial charge in [0.2, 0.25) is 0 Å². The summed E-state index contributed by atoms with van der Waals surface area (Å²) in [7, 11) is 0. The Morgan fingerprint density at radius 2 is 2.24 bits per heavy atom. The first kappa shape index (κ1) is 13.6. The fourth-order valence-electron chi connectivity index (χ4n) is 1.35. The number of carbonyl (C=O) groups excluding carboxylic acids is 1. The average Bonchev–Trinajstić information content (AvgIpc) is 2.30.